The number of halogens is 1. The van der Waals surface area contributed by atoms with Crippen LogP contribution in [-0.2, 0) is 0 Å². The van der Waals surface area contributed by atoms with Gasteiger partial charge in [-0.1, -0.05) is 0 Å². The summed E-state index contributed by atoms with van der Waals surface area (Å²) in [7, 11) is 0. The van der Waals surface area contributed by atoms with Gasteiger partial charge in [-0.05, 0) is 46.3 Å². The summed E-state index contributed by atoms with van der Waals surface area (Å²) in [6.07, 6.45) is 0. The molecule has 102 valence electrons. The van der Waals surface area contributed by atoms with E-state index in [4.69, 9.17) is 10.8 Å². The van der Waals surface area contributed by atoms with E-state index >= 15 is 0 Å². The number of benzene rings is 1. The number of aromatic carboxylic acids is 1. The third-order valence-corrected chi connectivity index (χ3v) is 3.05. The number of amides is 1. The predicted molar refractivity (Wildman–Crippen MR) is 74.9 cm³/mol. The van der Waals surface area contributed by atoms with Crippen LogP contribution < -0.4 is 11.1 Å². The molecule has 2 rings (SSSR count). The Kier molecular flexibility index (Phi) is 3.94. The highest BCUT2D eigenvalue weighted by Gasteiger charge is 2.08. The van der Waals surface area contributed by atoms with Gasteiger partial charge in [0, 0.05) is 4.47 Å². The van der Waals surface area contributed by atoms with Crippen molar-refractivity contribution < 1.29 is 14.7 Å². The van der Waals surface area contributed by atoms with Crippen molar-refractivity contribution in [2.24, 2.45) is 5.73 Å². The molecule has 1 heterocycles. The zero-order chi connectivity index (χ0) is 14.7. The summed E-state index contributed by atoms with van der Waals surface area (Å²) in [6, 6.07) is 7.51. The van der Waals surface area contributed by atoms with Crippen molar-refractivity contribution in [2.75, 3.05) is 5.32 Å². The Morgan fingerprint density at radius 1 is 1.20 bits per heavy atom. The van der Waals surface area contributed by atoms with E-state index in [2.05, 4.69) is 31.4 Å². The number of rotatable bonds is 4. The second-order valence-electron chi connectivity index (χ2n) is 3.79. The van der Waals surface area contributed by atoms with Crippen molar-refractivity contribution in [3.8, 4) is 0 Å². The van der Waals surface area contributed by atoms with Crippen LogP contribution in [0.15, 0.2) is 34.8 Å². The Hall–Kier alpha value is -2.48. The van der Waals surface area contributed by atoms with Crippen LogP contribution in [0.1, 0.15) is 20.8 Å². The first kappa shape index (κ1) is 13.9. The molecule has 0 aliphatic rings. The van der Waals surface area contributed by atoms with Crippen molar-refractivity contribution in [3.63, 3.8) is 0 Å². The molecule has 7 nitrogen and oxygen atoms in total. The van der Waals surface area contributed by atoms with Crippen LogP contribution in [0.3, 0.4) is 0 Å². The third kappa shape index (κ3) is 3.09. The standard InChI is InChI=1S/C12H9BrN4O3/c13-7-5-6(12(19)20)1-2-8(7)15-10-4-3-9(11(14)18)16-17-10/h1-5H,(H2,14,18)(H,15,17)(H,19,20). The average molecular weight is 337 g/mol. The summed E-state index contributed by atoms with van der Waals surface area (Å²) in [6.45, 7) is 0. The maximum atomic E-state index is 10.9. The van der Waals surface area contributed by atoms with Gasteiger partial charge in [-0.2, -0.15) is 0 Å². The number of hydrogen-bond acceptors (Lipinski definition) is 5. The first-order valence-electron chi connectivity index (χ1n) is 5.41. The largest absolute Gasteiger partial charge is 0.478 e. The van der Waals surface area contributed by atoms with Crippen LogP contribution in [0.4, 0.5) is 11.5 Å². The van der Waals surface area contributed by atoms with Crippen LogP contribution in [0.5, 0.6) is 0 Å². The molecule has 0 radical (unpaired) electrons. The number of nitrogens with two attached hydrogens (primary N) is 1. The fourth-order valence-electron chi connectivity index (χ4n) is 1.42. The minimum Gasteiger partial charge on any atom is -0.478 e. The molecular weight excluding hydrogens is 328 g/mol. The number of anilines is 2. The van der Waals surface area contributed by atoms with Gasteiger partial charge >= 0.3 is 5.97 Å². The van der Waals surface area contributed by atoms with Crippen LogP contribution in [-0.4, -0.2) is 27.2 Å². The number of nitrogens with zero attached hydrogens (tertiary/aromatic N) is 2. The SMILES string of the molecule is NC(=O)c1ccc(Nc2ccc(C(=O)O)cc2Br)nn1. The number of aromatic nitrogens is 2. The lowest BCUT2D eigenvalue weighted by Crippen LogP contribution is -2.13. The molecule has 0 spiro atoms. The second-order valence-corrected chi connectivity index (χ2v) is 4.65. The Morgan fingerprint density at radius 3 is 2.45 bits per heavy atom. The number of primary amides is 1. The van der Waals surface area contributed by atoms with Gasteiger partial charge in [-0.15, -0.1) is 10.2 Å². The second kappa shape index (κ2) is 5.66. The number of carbonyl (C=O) groups is 2. The molecule has 4 N–H and O–H groups in total. The fraction of sp³-hybridized carbons (Fsp3) is 0. The van der Waals surface area contributed by atoms with Crippen molar-refractivity contribution >= 4 is 39.3 Å². The smallest absolute Gasteiger partial charge is 0.335 e. The lowest BCUT2D eigenvalue weighted by molar-refractivity contribution is 0.0696. The minimum absolute atomic E-state index is 0.0656. The van der Waals surface area contributed by atoms with Gasteiger partial charge in [0.15, 0.2) is 11.5 Å². The minimum atomic E-state index is -1.01. The zero-order valence-corrected chi connectivity index (χ0v) is 11.6. The number of carboxylic acids is 1. The van der Waals surface area contributed by atoms with Gasteiger partial charge in [0.05, 0.1) is 11.3 Å². The fourth-order valence-corrected chi connectivity index (χ4v) is 1.90. The van der Waals surface area contributed by atoms with Crippen molar-refractivity contribution in [1.82, 2.24) is 10.2 Å². The summed E-state index contributed by atoms with van der Waals surface area (Å²) < 4.78 is 0.568. The van der Waals surface area contributed by atoms with Crippen molar-refractivity contribution in [2.45, 2.75) is 0 Å². The van der Waals surface area contributed by atoms with E-state index in [-0.39, 0.29) is 11.3 Å². The van der Waals surface area contributed by atoms with Crippen LogP contribution in [0.25, 0.3) is 0 Å². The summed E-state index contributed by atoms with van der Waals surface area (Å²) in [5, 5.41) is 19.3. The maximum Gasteiger partial charge on any atom is 0.335 e. The number of hydrogen-bond donors (Lipinski definition) is 3. The highest BCUT2D eigenvalue weighted by molar-refractivity contribution is 9.10. The molecule has 20 heavy (non-hydrogen) atoms. The molecule has 8 heteroatoms. The van der Waals surface area contributed by atoms with Gasteiger partial charge < -0.3 is 16.2 Å². The summed E-state index contributed by atoms with van der Waals surface area (Å²) in [5.41, 5.74) is 5.91. The van der Waals surface area contributed by atoms with Crippen LogP contribution >= 0.6 is 15.9 Å². The van der Waals surface area contributed by atoms with E-state index in [9.17, 15) is 9.59 Å². The molecule has 0 saturated heterocycles. The molecule has 0 atom stereocenters. The molecule has 0 fully saturated rings. The van der Waals surface area contributed by atoms with Crippen LogP contribution in [0.2, 0.25) is 0 Å². The molecule has 0 unspecified atom stereocenters. The molecule has 1 amide bonds. The Balaban J connectivity index is 2.21. The number of nitrogens with one attached hydrogen (secondary N) is 1. The van der Waals surface area contributed by atoms with Crippen molar-refractivity contribution in [3.05, 3.63) is 46.1 Å². The molecule has 2 aromatic rings. The molecule has 1 aromatic heterocycles. The van der Waals surface area contributed by atoms with E-state index in [0.717, 1.165) is 0 Å². The average Bonchev–Trinajstić information content (AvgIpc) is 2.41. The quantitative estimate of drug-likeness (QED) is 0.783. The lowest BCUT2D eigenvalue weighted by atomic mass is 10.2. The highest BCUT2D eigenvalue weighted by atomic mass is 79.9. The molecule has 1 aromatic carbocycles. The van der Waals surface area contributed by atoms with Crippen LogP contribution in [0, 0.1) is 0 Å². The van der Waals surface area contributed by atoms with E-state index < -0.39 is 11.9 Å². The Bertz CT molecular complexity index is 673. The van der Waals surface area contributed by atoms with Gasteiger partial charge in [-0.25, -0.2) is 4.79 Å². The summed E-state index contributed by atoms with van der Waals surface area (Å²) >= 11 is 3.26. The van der Waals surface area contributed by atoms with Crippen molar-refractivity contribution in [1.29, 1.82) is 0 Å². The monoisotopic (exact) mass is 336 g/mol. The third-order valence-electron chi connectivity index (χ3n) is 2.40. The van der Waals surface area contributed by atoms with Gasteiger partial charge in [-0.3, -0.25) is 4.79 Å². The molecule has 0 aliphatic carbocycles. The summed E-state index contributed by atoms with van der Waals surface area (Å²) in [5.74, 6) is -1.27. The summed E-state index contributed by atoms with van der Waals surface area (Å²) in [4.78, 5) is 21.7. The molecule has 0 aliphatic heterocycles. The Morgan fingerprint density at radius 2 is 1.95 bits per heavy atom. The van der Waals surface area contributed by atoms with Gasteiger partial charge in [0.1, 0.15) is 0 Å². The lowest BCUT2D eigenvalue weighted by Gasteiger charge is -2.08. The normalized spacial score (nSPS) is 10.1. The van der Waals surface area contributed by atoms with E-state index in [0.29, 0.717) is 16.0 Å². The highest BCUT2D eigenvalue weighted by Crippen LogP contribution is 2.26. The number of carboxylic acid groups (broad SMARTS) is 1. The van der Waals surface area contributed by atoms with E-state index in [1.807, 2.05) is 0 Å². The molecule has 0 saturated carbocycles. The molecule has 0 bridgehead atoms. The Labute approximate surface area is 122 Å². The maximum absolute atomic E-state index is 10.9. The topological polar surface area (TPSA) is 118 Å². The molecular formula is C12H9BrN4O3. The number of carbonyl (C=O) groups excluding carboxylic acids is 1. The van der Waals surface area contributed by atoms with E-state index in [1.54, 1.807) is 12.1 Å². The zero-order valence-electron chi connectivity index (χ0n) is 10.0. The van der Waals surface area contributed by atoms with Gasteiger partial charge in [0.25, 0.3) is 5.91 Å². The van der Waals surface area contributed by atoms with E-state index in [1.165, 1.54) is 18.2 Å². The predicted octanol–water partition coefficient (Wildman–Crippen LogP) is 1.78. The first-order chi connectivity index (χ1) is 9.47. The first-order valence-corrected chi connectivity index (χ1v) is 6.20. The van der Waals surface area contributed by atoms with Gasteiger partial charge in [0.2, 0.25) is 0 Å².